The van der Waals surface area contributed by atoms with E-state index >= 15 is 0 Å². The van der Waals surface area contributed by atoms with Crippen LogP contribution in [0.4, 0.5) is 0 Å². The second-order valence-electron chi connectivity index (χ2n) is 5.90. The number of hydrogen-bond acceptors (Lipinski definition) is 5. The second kappa shape index (κ2) is 8.75. The lowest BCUT2D eigenvalue weighted by molar-refractivity contribution is -0.139. The van der Waals surface area contributed by atoms with Crippen LogP contribution in [0, 0.1) is 0 Å². The Labute approximate surface area is 165 Å². The Kier molecular flexibility index (Phi) is 6.16. The molecular weight excluding hydrogens is 380 g/mol. The molecule has 1 atom stereocenters. The molecule has 7 heteroatoms. The zero-order chi connectivity index (χ0) is 19.2. The van der Waals surface area contributed by atoms with E-state index in [1.807, 2.05) is 48.0 Å². The van der Waals surface area contributed by atoms with Gasteiger partial charge in [0, 0.05) is 15.8 Å². The molecule has 0 aliphatic carbocycles. The molecule has 0 bridgehead atoms. The SMILES string of the molecule is CC(NC(=O)C(=O)NCc1ccc(C(=O)c2ccsc2)s1)c1ccccc1. The van der Waals surface area contributed by atoms with Crippen LogP contribution in [-0.4, -0.2) is 17.6 Å². The molecular formula is C20H18N2O3S2. The highest BCUT2D eigenvalue weighted by Crippen LogP contribution is 2.21. The van der Waals surface area contributed by atoms with Crippen molar-refractivity contribution in [3.63, 3.8) is 0 Å². The first-order valence-corrected chi connectivity index (χ1v) is 10.1. The van der Waals surface area contributed by atoms with E-state index < -0.39 is 11.8 Å². The third-order valence-electron chi connectivity index (χ3n) is 3.95. The van der Waals surface area contributed by atoms with E-state index in [2.05, 4.69) is 10.6 Å². The standard InChI is InChI=1S/C20H18N2O3S2/c1-13(14-5-3-2-4-6-14)22-20(25)19(24)21-11-16-7-8-17(27-16)18(23)15-9-10-26-12-15/h2-10,12-13H,11H2,1H3,(H,21,24)(H,22,25). The largest absolute Gasteiger partial charge is 0.343 e. The van der Waals surface area contributed by atoms with E-state index in [1.165, 1.54) is 22.7 Å². The summed E-state index contributed by atoms with van der Waals surface area (Å²) in [6.07, 6.45) is 0. The summed E-state index contributed by atoms with van der Waals surface area (Å²) in [7, 11) is 0. The summed E-state index contributed by atoms with van der Waals surface area (Å²) in [5.41, 5.74) is 1.58. The Morgan fingerprint density at radius 2 is 1.78 bits per heavy atom. The van der Waals surface area contributed by atoms with Crippen molar-refractivity contribution in [1.82, 2.24) is 10.6 Å². The number of nitrogens with one attached hydrogen (secondary N) is 2. The van der Waals surface area contributed by atoms with Crippen LogP contribution in [-0.2, 0) is 16.1 Å². The average molecular weight is 399 g/mol. The molecule has 3 rings (SSSR count). The molecule has 0 radical (unpaired) electrons. The first-order chi connectivity index (χ1) is 13.0. The van der Waals surface area contributed by atoms with Crippen LogP contribution < -0.4 is 10.6 Å². The summed E-state index contributed by atoms with van der Waals surface area (Å²) < 4.78 is 0. The maximum atomic E-state index is 12.3. The predicted octanol–water partition coefficient (Wildman–Crippen LogP) is 3.53. The van der Waals surface area contributed by atoms with Crippen LogP contribution in [0.2, 0.25) is 0 Å². The van der Waals surface area contributed by atoms with Gasteiger partial charge in [0.2, 0.25) is 5.78 Å². The van der Waals surface area contributed by atoms with E-state index in [9.17, 15) is 14.4 Å². The molecule has 0 saturated carbocycles. The van der Waals surface area contributed by atoms with Gasteiger partial charge in [0.15, 0.2) is 0 Å². The van der Waals surface area contributed by atoms with Gasteiger partial charge in [0.05, 0.1) is 17.5 Å². The molecule has 0 aliphatic heterocycles. The molecule has 0 aliphatic rings. The molecule has 138 valence electrons. The fourth-order valence-corrected chi connectivity index (χ4v) is 4.01. The quantitative estimate of drug-likeness (QED) is 0.493. The second-order valence-corrected chi connectivity index (χ2v) is 7.84. The summed E-state index contributed by atoms with van der Waals surface area (Å²) in [6, 6.07) is 14.5. The van der Waals surface area contributed by atoms with Crippen LogP contribution in [0.15, 0.2) is 59.3 Å². The van der Waals surface area contributed by atoms with Gasteiger partial charge in [-0.1, -0.05) is 30.3 Å². The van der Waals surface area contributed by atoms with Gasteiger partial charge in [0.1, 0.15) is 0 Å². The Hall–Kier alpha value is -2.77. The van der Waals surface area contributed by atoms with Gasteiger partial charge in [-0.3, -0.25) is 14.4 Å². The molecule has 5 nitrogen and oxygen atoms in total. The van der Waals surface area contributed by atoms with E-state index in [4.69, 9.17) is 0 Å². The number of amides is 2. The minimum atomic E-state index is -0.697. The lowest BCUT2D eigenvalue weighted by Crippen LogP contribution is -2.40. The molecule has 2 heterocycles. The van der Waals surface area contributed by atoms with Crippen LogP contribution >= 0.6 is 22.7 Å². The Bertz CT molecular complexity index is 933. The van der Waals surface area contributed by atoms with Gasteiger partial charge in [-0.15, -0.1) is 11.3 Å². The lowest BCUT2D eigenvalue weighted by atomic mass is 10.1. The molecule has 0 spiro atoms. The van der Waals surface area contributed by atoms with Crippen molar-refractivity contribution in [2.45, 2.75) is 19.5 Å². The number of hydrogen-bond donors (Lipinski definition) is 2. The third kappa shape index (κ3) is 4.90. The van der Waals surface area contributed by atoms with Gasteiger partial charge < -0.3 is 10.6 Å². The normalized spacial score (nSPS) is 11.6. The van der Waals surface area contributed by atoms with E-state index in [0.717, 1.165) is 10.4 Å². The molecule has 1 unspecified atom stereocenters. The number of carbonyl (C=O) groups is 3. The van der Waals surface area contributed by atoms with Gasteiger partial charge in [-0.25, -0.2) is 0 Å². The van der Waals surface area contributed by atoms with Crippen molar-refractivity contribution < 1.29 is 14.4 Å². The number of thiophene rings is 2. The van der Waals surface area contributed by atoms with Crippen molar-refractivity contribution in [3.05, 3.63) is 80.2 Å². The van der Waals surface area contributed by atoms with Gasteiger partial charge in [0.25, 0.3) is 0 Å². The molecule has 3 aromatic rings. The number of carbonyl (C=O) groups excluding carboxylic acids is 3. The topological polar surface area (TPSA) is 75.3 Å². The average Bonchev–Trinajstić information content (AvgIpc) is 3.38. The minimum absolute atomic E-state index is 0.0340. The summed E-state index contributed by atoms with van der Waals surface area (Å²) >= 11 is 2.78. The number of ketones is 1. The smallest absolute Gasteiger partial charge is 0.309 e. The van der Waals surface area contributed by atoms with E-state index in [1.54, 1.807) is 18.2 Å². The maximum Gasteiger partial charge on any atom is 0.309 e. The molecule has 0 fully saturated rings. The predicted molar refractivity (Wildman–Crippen MR) is 107 cm³/mol. The van der Waals surface area contributed by atoms with Crippen LogP contribution in [0.25, 0.3) is 0 Å². The Morgan fingerprint density at radius 3 is 2.48 bits per heavy atom. The van der Waals surface area contributed by atoms with Crippen molar-refractivity contribution in [1.29, 1.82) is 0 Å². The lowest BCUT2D eigenvalue weighted by Gasteiger charge is -2.13. The number of rotatable bonds is 6. The van der Waals surface area contributed by atoms with Crippen LogP contribution in [0.3, 0.4) is 0 Å². The van der Waals surface area contributed by atoms with Gasteiger partial charge >= 0.3 is 11.8 Å². The van der Waals surface area contributed by atoms with Crippen LogP contribution in [0.1, 0.15) is 38.6 Å². The number of benzene rings is 1. The molecule has 2 aromatic heterocycles. The molecule has 1 aromatic carbocycles. The molecule has 2 N–H and O–H groups in total. The highest BCUT2D eigenvalue weighted by molar-refractivity contribution is 7.14. The Morgan fingerprint density at radius 1 is 1.00 bits per heavy atom. The van der Waals surface area contributed by atoms with Crippen molar-refractivity contribution >= 4 is 40.3 Å². The summed E-state index contributed by atoms with van der Waals surface area (Å²) in [5, 5.41) is 8.93. The zero-order valence-corrected chi connectivity index (χ0v) is 16.2. The third-order valence-corrected chi connectivity index (χ3v) is 5.71. The highest BCUT2D eigenvalue weighted by Gasteiger charge is 2.17. The first kappa shape index (κ1) is 19.0. The van der Waals surface area contributed by atoms with Gasteiger partial charge in [-0.05, 0) is 36.1 Å². The van der Waals surface area contributed by atoms with Crippen molar-refractivity contribution in [2.75, 3.05) is 0 Å². The summed E-state index contributed by atoms with van der Waals surface area (Å²) in [4.78, 5) is 37.8. The van der Waals surface area contributed by atoms with Crippen LogP contribution in [0.5, 0.6) is 0 Å². The minimum Gasteiger partial charge on any atom is -0.343 e. The molecule has 0 saturated heterocycles. The summed E-state index contributed by atoms with van der Waals surface area (Å²) in [6.45, 7) is 2.02. The monoisotopic (exact) mass is 398 g/mol. The zero-order valence-electron chi connectivity index (χ0n) is 14.6. The Balaban J connectivity index is 1.52. The summed E-state index contributed by atoms with van der Waals surface area (Å²) in [5.74, 6) is -1.41. The van der Waals surface area contributed by atoms with Crippen molar-refractivity contribution in [3.8, 4) is 0 Å². The highest BCUT2D eigenvalue weighted by atomic mass is 32.1. The fourth-order valence-electron chi connectivity index (χ4n) is 2.47. The van der Waals surface area contributed by atoms with Crippen molar-refractivity contribution in [2.24, 2.45) is 0 Å². The van der Waals surface area contributed by atoms with E-state index in [0.29, 0.717) is 10.4 Å². The fraction of sp³-hybridized carbons (Fsp3) is 0.150. The van der Waals surface area contributed by atoms with E-state index in [-0.39, 0.29) is 18.4 Å². The maximum absolute atomic E-state index is 12.3. The molecule has 2 amide bonds. The first-order valence-electron chi connectivity index (χ1n) is 8.34. The molecule has 27 heavy (non-hydrogen) atoms. The van der Waals surface area contributed by atoms with Gasteiger partial charge in [-0.2, -0.15) is 11.3 Å².